The number of amides is 1. The molecule has 0 N–H and O–H groups in total. The van der Waals surface area contributed by atoms with E-state index in [9.17, 15) is 4.79 Å². The first-order valence-corrected chi connectivity index (χ1v) is 10.3. The zero-order valence-electron chi connectivity index (χ0n) is 18.2. The summed E-state index contributed by atoms with van der Waals surface area (Å²) in [5, 5.41) is 0. The zero-order valence-corrected chi connectivity index (χ0v) is 18.2. The molecule has 2 aliphatic rings. The van der Waals surface area contributed by atoms with Crippen LogP contribution in [0.3, 0.4) is 0 Å². The predicted molar refractivity (Wildman–Crippen MR) is 109 cm³/mol. The van der Waals surface area contributed by atoms with Gasteiger partial charge in [-0.25, -0.2) is 9.18 Å². The van der Waals surface area contributed by atoms with E-state index in [0.717, 1.165) is 48.9 Å². The molecule has 3 nitrogen and oxygen atoms in total. The highest BCUT2D eigenvalue weighted by Crippen LogP contribution is 2.41. The van der Waals surface area contributed by atoms with Gasteiger partial charge in [-0.05, 0) is 78.7 Å². The Labute approximate surface area is 164 Å². The van der Waals surface area contributed by atoms with Crippen molar-refractivity contribution in [2.75, 3.05) is 6.54 Å². The van der Waals surface area contributed by atoms with Crippen LogP contribution in [-0.2, 0) is 4.74 Å². The predicted octanol–water partition coefficient (Wildman–Crippen LogP) is 7.06. The van der Waals surface area contributed by atoms with Gasteiger partial charge in [-0.3, -0.25) is 4.90 Å². The first-order valence-electron chi connectivity index (χ1n) is 10.3. The number of hydrogen-bond acceptors (Lipinski definition) is 2. The minimum absolute atomic E-state index is 0.0578. The van der Waals surface area contributed by atoms with E-state index in [0.29, 0.717) is 12.3 Å². The van der Waals surface area contributed by atoms with E-state index in [-0.39, 0.29) is 12.4 Å². The van der Waals surface area contributed by atoms with E-state index in [4.69, 9.17) is 4.74 Å². The highest BCUT2D eigenvalue weighted by atomic mass is 19.1. The largest absolute Gasteiger partial charge is 0.443 e. The van der Waals surface area contributed by atoms with Crippen LogP contribution in [0.2, 0.25) is 0 Å². The summed E-state index contributed by atoms with van der Waals surface area (Å²) in [4.78, 5) is 14.6. The van der Waals surface area contributed by atoms with Crippen molar-refractivity contribution < 1.29 is 13.9 Å². The summed E-state index contributed by atoms with van der Waals surface area (Å²) in [5.41, 5.74) is 4.66. The fourth-order valence-electron chi connectivity index (χ4n) is 4.13. The van der Waals surface area contributed by atoms with Crippen LogP contribution in [0.15, 0.2) is 33.8 Å². The first kappa shape index (κ1) is 21.7. The van der Waals surface area contributed by atoms with Gasteiger partial charge < -0.3 is 4.74 Å². The van der Waals surface area contributed by atoms with Crippen LogP contribution in [0.4, 0.5) is 9.18 Å². The van der Waals surface area contributed by atoms with Gasteiger partial charge in [0.05, 0.1) is 6.54 Å². The standard InChI is InChI=1S/C23H36FNO2/c1-8-9-18-12-10-15(2)17(4)25(22(26)27-23(5,6)7)14-19-20(24)13-11-16(3)21(18)19/h18H,8-14H2,1-7H3/b17-15-. The maximum absolute atomic E-state index is 15.0. The Balaban J connectivity index is 2.51. The van der Waals surface area contributed by atoms with E-state index in [2.05, 4.69) is 20.8 Å². The molecular formula is C23H36FNO2. The van der Waals surface area contributed by atoms with E-state index >= 15 is 4.39 Å². The summed E-state index contributed by atoms with van der Waals surface area (Å²) in [6.07, 6.45) is 4.88. The number of carbonyl (C=O) groups excluding carboxylic acids is 1. The van der Waals surface area contributed by atoms with Gasteiger partial charge in [-0.15, -0.1) is 0 Å². The summed E-state index contributed by atoms with van der Waals surface area (Å²) >= 11 is 0. The van der Waals surface area contributed by atoms with Crippen LogP contribution in [0.5, 0.6) is 0 Å². The average molecular weight is 378 g/mol. The molecule has 2 rings (SSSR count). The fraction of sp³-hybridized carbons (Fsp3) is 0.696. The molecule has 1 amide bonds. The maximum Gasteiger partial charge on any atom is 0.414 e. The maximum atomic E-state index is 15.0. The van der Waals surface area contributed by atoms with E-state index in [1.54, 1.807) is 4.90 Å². The van der Waals surface area contributed by atoms with Gasteiger partial charge in [0.15, 0.2) is 0 Å². The number of carbonyl (C=O) groups is 1. The van der Waals surface area contributed by atoms with Crippen molar-refractivity contribution in [2.45, 2.75) is 92.6 Å². The van der Waals surface area contributed by atoms with Crippen LogP contribution < -0.4 is 0 Å². The summed E-state index contributed by atoms with van der Waals surface area (Å²) < 4.78 is 20.6. The molecule has 0 aromatic carbocycles. The molecule has 0 spiro atoms. The third-order valence-corrected chi connectivity index (χ3v) is 5.70. The molecule has 1 unspecified atom stereocenters. The minimum Gasteiger partial charge on any atom is -0.443 e. The van der Waals surface area contributed by atoms with E-state index in [1.807, 2.05) is 27.7 Å². The average Bonchev–Trinajstić information content (AvgIpc) is 2.61. The molecule has 1 heterocycles. The Morgan fingerprint density at radius 3 is 2.41 bits per heavy atom. The Hall–Kier alpha value is -1.58. The van der Waals surface area contributed by atoms with Crippen LogP contribution in [0.1, 0.15) is 87.0 Å². The number of hydrogen-bond donors (Lipinski definition) is 0. The molecule has 0 saturated heterocycles. The summed E-state index contributed by atoms with van der Waals surface area (Å²) in [6.45, 7) is 14.2. The van der Waals surface area contributed by atoms with Gasteiger partial charge in [0, 0.05) is 17.7 Å². The van der Waals surface area contributed by atoms with E-state index in [1.165, 1.54) is 11.1 Å². The lowest BCUT2D eigenvalue weighted by Gasteiger charge is -2.32. The molecule has 4 heteroatoms. The number of ether oxygens (including phenoxy) is 1. The second-order valence-electron chi connectivity index (χ2n) is 9.03. The lowest BCUT2D eigenvalue weighted by Crippen LogP contribution is -2.38. The Morgan fingerprint density at radius 2 is 1.81 bits per heavy atom. The minimum atomic E-state index is -0.581. The molecule has 1 atom stereocenters. The Morgan fingerprint density at radius 1 is 1.15 bits per heavy atom. The van der Waals surface area contributed by atoms with Crippen LogP contribution >= 0.6 is 0 Å². The lowest BCUT2D eigenvalue weighted by atomic mass is 9.78. The van der Waals surface area contributed by atoms with Gasteiger partial charge in [0.25, 0.3) is 0 Å². The van der Waals surface area contributed by atoms with Gasteiger partial charge >= 0.3 is 6.09 Å². The molecule has 0 bridgehead atoms. The van der Waals surface area contributed by atoms with E-state index < -0.39 is 11.7 Å². The SMILES string of the molecule is CCCC1CC/C(C)=C(/C)N(C(=O)OC(C)(C)C)CC2=C(F)CCC(C)=C21. The van der Waals surface area contributed by atoms with Crippen molar-refractivity contribution in [3.8, 4) is 0 Å². The molecule has 152 valence electrons. The molecule has 0 aromatic heterocycles. The number of allylic oxidation sites excluding steroid dienone is 4. The van der Waals surface area contributed by atoms with Gasteiger partial charge in [0.1, 0.15) is 11.4 Å². The molecule has 1 aliphatic carbocycles. The third-order valence-electron chi connectivity index (χ3n) is 5.70. The molecule has 0 radical (unpaired) electrons. The first-order chi connectivity index (χ1) is 12.5. The van der Waals surface area contributed by atoms with Gasteiger partial charge in [-0.1, -0.05) is 24.5 Å². The van der Waals surface area contributed by atoms with Crippen molar-refractivity contribution in [1.82, 2.24) is 4.90 Å². The van der Waals surface area contributed by atoms with Crippen molar-refractivity contribution in [2.24, 2.45) is 5.92 Å². The van der Waals surface area contributed by atoms with Crippen LogP contribution in [0.25, 0.3) is 0 Å². The normalized spacial score (nSPS) is 25.0. The van der Waals surface area contributed by atoms with Crippen molar-refractivity contribution >= 4 is 6.09 Å². The second-order valence-corrected chi connectivity index (χ2v) is 9.03. The number of rotatable bonds is 2. The topological polar surface area (TPSA) is 29.5 Å². The van der Waals surface area contributed by atoms with Crippen LogP contribution in [0, 0.1) is 5.92 Å². The zero-order chi connectivity index (χ0) is 20.4. The van der Waals surface area contributed by atoms with Crippen molar-refractivity contribution in [3.05, 3.63) is 33.8 Å². The van der Waals surface area contributed by atoms with Crippen molar-refractivity contribution in [1.29, 1.82) is 0 Å². The third kappa shape index (κ3) is 5.24. The fourth-order valence-corrected chi connectivity index (χ4v) is 4.13. The molecular weight excluding hydrogens is 341 g/mol. The number of nitrogens with zero attached hydrogens (tertiary/aromatic N) is 1. The molecule has 0 saturated carbocycles. The number of fused-ring (bicyclic) bond motifs is 1. The summed E-state index contributed by atoms with van der Waals surface area (Å²) in [5.74, 6) is 0.301. The highest BCUT2D eigenvalue weighted by molar-refractivity contribution is 5.71. The monoisotopic (exact) mass is 377 g/mol. The van der Waals surface area contributed by atoms with Crippen molar-refractivity contribution in [3.63, 3.8) is 0 Å². The highest BCUT2D eigenvalue weighted by Gasteiger charge is 2.32. The molecule has 27 heavy (non-hydrogen) atoms. The Kier molecular flexibility index (Phi) is 6.93. The molecule has 0 aromatic rings. The quantitative estimate of drug-likeness (QED) is 0.515. The van der Waals surface area contributed by atoms with Gasteiger partial charge in [-0.2, -0.15) is 0 Å². The molecule has 0 fully saturated rings. The smallest absolute Gasteiger partial charge is 0.414 e. The molecule has 1 aliphatic heterocycles. The second kappa shape index (κ2) is 8.62. The summed E-state index contributed by atoms with van der Waals surface area (Å²) in [7, 11) is 0. The van der Waals surface area contributed by atoms with Gasteiger partial charge in [0.2, 0.25) is 0 Å². The summed E-state index contributed by atoms with van der Waals surface area (Å²) in [6, 6.07) is 0. The Bertz CT molecular complexity index is 679. The lowest BCUT2D eigenvalue weighted by molar-refractivity contribution is 0.0325. The van der Waals surface area contributed by atoms with Crippen LogP contribution in [-0.4, -0.2) is 23.1 Å². The number of halogens is 1.